The molecule has 0 saturated carbocycles. The fourth-order valence-electron chi connectivity index (χ4n) is 1.70. The van der Waals surface area contributed by atoms with Crippen molar-refractivity contribution in [1.29, 1.82) is 0 Å². The number of hydrogen-bond donors (Lipinski definition) is 1. The molecule has 1 aromatic carbocycles. The third-order valence-electron chi connectivity index (χ3n) is 2.55. The molecule has 17 heavy (non-hydrogen) atoms. The number of rotatable bonds is 6. The minimum atomic E-state index is -4.08. The first-order chi connectivity index (χ1) is 7.55. The van der Waals surface area contributed by atoms with Crippen molar-refractivity contribution < 1.29 is 15.8 Å². The summed E-state index contributed by atoms with van der Waals surface area (Å²) in [7, 11) is -4.08. The van der Waals surface area contributed by atoms with E-state index in [-0.39, 0.29) is 45.5 Å². The van der Waals surface area contributed by atoms with Crippen molar-refractivity contribution in [3.8, 4) is 0 Å². The molecular formula is C12H20CaO3S. The average Bonchev–Trinajstić information content (AvgIpc) is 2.24. The van der Waals surface area contributed by atoms with Gasteiger partial charge >= 0.3 is 37.7 Å². The monoisotopic (exact) mass is 284 g/mol. The van der Waals surface area contributed by atoms with E-state index in [1.807, 2.05) is 0 Å². The maximum Gasteiger partial charge on any atom is 2.00 e. The molecule has 0 aliphatic heterocycles. The smallest absolute Gasteiger partial charge is 1.00 e. The first kappa shape index (κ1) is 17.4. The quantitative estimate of drug-likeness (QED) is 0.496. The Bertz CT molecular complexity index is 438. The first-order valence-corrected chi connectivity index (χ1v) is 7.05. The molecule has 94 valence electrons. The van der Waals surface area contributed by atoms with Gasteiger partial charge in [0.1, 0.15) is 0 Å². The molecule has 0 aromatic heterocycles. The van der Waals surface area contributed by atoms with Crippen LogP contribution in [0.25, 0.3) is 0 Å². The van der Waals surface area contributed by atoms with Crippen molar-refractivity contribution in [2.75, 3.05) is 0 Å². The molecule has 0 radical (unpaired) electrons. The van der Waals surface area contributed by atoms with Gasteiger partial charge in [0.05, 0.1) is 4.90 Å². The Morgan fingerprint density at radius 2 is 1.82 bits per heavy atom. The van der Waals surface area contributed by atoms with Gasteiger partial charge in [-0.2, -0.15) is 8.42 Å². The molecule has 0 saturated heterocycles. The zero-order chi connectivity index (χ0) is 12.0. The van der Waals surface area contributed by atoms with Crippen LogP contribution in [0.4, 0.5) is 0 Å². The van der Waals surface area contributed by atoms with E-state index in [0.717, 1.165) is 25.7 Å². The molecular weight excluding hydrogens is 264 g/mol. The van der Waals surface area contributed by atoms with Crippen molar-refractivity contribution in [2.45, 2.75) is 43.9 Å². The molecule has 0 heterocycles. The minimum absolute atomic E-state index is 0. The second kappa shape index (κ2) is 8.48. The maximum absolute atomic E-state index is 11.1. The van der Waals surface area contributed by atoms with Crippen molar-refractivity contribution in [3.63, 3.8) is 0 Å². The number of hydrogen-bond acceptors (Lipinski definition) is 2. The minimum Gasteiger partial charge on any atom is -1.00 e. The molecule has 0 unspecified atom stereocenters. The van der Waals surface area contributed by atoms with Crippen molar-refractivity contribution in [2.24, 2.45) is 0 Å². The van der Waals surface area contributed by atoms with Crippen molar-refractivity contribution in [3.05, 3.63) is 29.8 Å². The van der Waals surface area contributed by atoms with Gasteiger partial charge < -0.3 is 2.85 Å². The zero-order valence-corrected chi connectivity index (χ0v) is 13.2. The summed E-state index contributed by atoms with van der Waals surface area (Å²) in [4.78, 5) is 0.0477. The fraction of sp³-hybridized carbons (Fsp3) is 0.500. The van der Waals surface area contributed by atoms with E-state index in [1.165, 1.54) is 6.07 Å². The molecule has 1 rings (SSSR count). The molecule has 0 fully saturated rings. The van der Waals surface area contributed by atoms with Crippen LogP contribution in [0.3, 0.4) is 0 Å². The van der Waals surface area contributed by atoms with Gasteiger partial charge in [0.2, 0.25) is 0 Å². The van der Waals surface area contributed by atoms with E-state index in [1.54, 1.807) is 18.2 Å². The van der Waals surface area contributed by atoms with Crippen LogP contribution in [-0.2, 0) is 16.5 Å². The van der Waals surface area contributed by atoms with Crippen LogP contribution >= 0.6 is 0 Å². The molecule has 0 spiro atoms. The Hall–Kier alpha value is 0.390. The van der Waals surface area contributed by atoms with Crippen LogP contribution in [0, 0.1) is 0 Å². The first-order valence-electron chi connectivity index (χ1n) is 5.61. The molecule has 0 amide bonds. The molecule has 5 heteroatoms. The second-order valence-corrected chi connectivity index (χ2v) is 5.28. The van der Waals surface area contributed by atoms with Crippen LogP contribution in [0.1, 0.15) is 41.0 Å². The third kappa shape index (κ3) is 6.20. The number of benzene rings is 1. The van der Waals surface area contributed by atoms with E-state index in [9.17, 15) is 8.42 Å². The van der Waals surface area contributed by atoms with Gasteiger partial charge in [0.15, 0.2) is 0 Å². The van der Waals surface area contributed by atoms with Crippen LogP contribution in [0.2, 0.25) is 0 Å². The van der Waals surface area contributed by atoms with Crippen LogP contribution in [-0.4, -0.2) is 50.7 Å². The van der Waals surface area contributed by atoms with Crippen LogP contribution < -0.4 is 0 Å². The molecule has 0 aliphatic rings. The Labute approximate surface area is 136 Å². The summed E-state index contributed by atoms with van der Waals surface area (Å²) in [5, 5.41) is 0. The Morgan fingerprint density at radius 3 is 2.41 bits per heavy atom. The zero-order valence-electron chi connectivity index (χ0n) is 12.2. The van der Waals surface area contributed by atoms with E-state index >= 15 is 0 Å². The standard InChI is InChI=1S/C12H18O3S.Ca.2H/c1-2-3-4-5-8-11-9-6-7-10-12(11)16(13,14)15;;;/h6-7,9-10H,2-5,8H2,1H3,(H,13,14,15);;;/q;+2;2*-1. The summed E-state index contributed by atoms with van der Waals surface area (Å²) in [6.07, 6.45) is 5.07. The van der Waals surface area contributed by atoms with Gasteiger partial charge in [-0.3, -0.25) is 4.55 Å². The van der Waals surface area contributed by atoms with Gasteiger partial charge in [0, 0.05) is 0 Å². The van der Waals surface area contributed by atoms with E-state index in [0.29, 0.717) is 12.0 Å². The van der Waals surface area contributed by atoms with Gasteiger partial charge in [-0.15, -0.1) is 0 Å². The molecule has 3 nitrogen and oxygen atoms in total. The Kier molecular flexibility index (Phi) is 8.68. The Balaban J connectivity index is -0.000000853. The van der Waals surface area contributed by atoms with Crippen molar-refractivity contribution in [1.82, 2.24) is 0 Å². The average molecular weight is 284 g/mol. The van der Waals surface area contributed by atoms with E-state index in [4.69, 9.17) is 4.55 Å². The van der Waals surface area contributed by atoms with Gasteiger partial charge in [0.25, 0.3) is 10.1 Å². The molecule has 1 N–H and O–H groups in total. The van der Waals surface area contributed by atoms with Gasteiger partial charge in [-0.05, 0) is 24.5 Å². The molecule has 1 aromatic rings. The predicted octanol–water partition coefficient (Wildman–Crippen LogP) is 2.90. The summed E-state index contributed by atoms with van der Waals surface area (Å²) in [6, 6.07) is 6.63. The topological polar surface area (TPSA) is 54.4 Å². The fourth-order valence-corrected chi connectivity index (χ4v) is 2.46. The summed E-state index contributed by atoms with van der Waals surface area (Å²) in [5.74, 6) is 0. The summed E-state index contributed by atoms with van der Waals surface area (Å²) in [6.45, 7) is 2.13. The van der Waals surface area contributed by atoms with Gasteiger partial charge in [-0.25, -0.2) is 0 Å². The van der Waals surface area contributed by atoms with E-state index < -0.39 is 10.1 Å². The maximum atomic E-state index is 11.1. The molecule has 0 bridgehead atoms. The van der Waals surface area contributed by atoms with Crippen molar-refractivity contribution >= 4 is 47.9 Å². The van der Waals surface area contributed by atoms with Gasteiger partial charge in [-0.1, -0.05) is 44.4 Å². The summed E-state index contributed by atoms with van der Waals surface area (Å²) >= 11 is 0. The molecule has 0 atom stereocenters. The summed E-state index contributed by atoms with van der Waals surface area (Å²) < 4.78 is 31.2. The second-order valence-electron chi connectivity index (χ2n) is 3.89. The predicted molar refractivity (Wildman–Crippen MR) is 72.1 cm³/mol. The van der Waals surface area contributed by atoms with Crippen LogP contribution in [0.15, 0.2) is 29.2 Å². The largest absolute Gasteiger partial charge is 2.00 e. The third-order valence-corrected chi connectivity index (χ3v) is 3.50. The normalized spacial score (nSPS) is 10.9. The number of unbranched alkanes of at least 4 members (excludes halogenated alkanes) is 3. The SMILES string of the molecule is CCCCCCc1ccccc1S(=O)(=O)O.[Ca+2].[H-].[H-]. The van der Waals surface area contributed by atoms with Crippen LogP contribution in [0.5, 0.6) is 0 Å². The summed E-state index contributed by atoms with van der Waals surface area (Å²) in [5.41, 5.74) is 0.709. The molecule has 0 aliphatic carbocycles. The van der Waals surface area contributed by atoms with E-state index in [2.05, 4.69) is 6.92 Å². The Morgan fingerprint density at radius 1 is 1.18 bits per heavy atom. The number of aryl methyl sites for hydroxylation is 1.